The molecule has 8 rings (SSSR count). The van der Waals surface area contributed by atoms with Crippen molar-refractivity contribution in [1.82, 2.24) is 14.9 Å². The first kappa shape index (κ1) is 28.0. The molecule has 0 spiro atoms. The summed E-state index contributed by atoms with van der Waals surface area (Å²) in [5.41, 5.74) is 1.98. The molecule has 3 saturated heterocycles. The van der Waals surface area contributed by atoms with Crippen molar-refractivity contribution in [3.8, 4) is 17.1 Å². The minimum Gasteiger partial charge on any atom is -0.461 e. The summed E-state index contributed by atoms with van der Waals surface area (Å²) in [6, 6.07) is 2.19. The Morgan fingerprint density at radius 2 is 1.98 bits per heavy atom. The lowest BCUT2D eigenvalue weighted by Gasteiger charge is -2.31. The van der Waals surface area contributed by atoms with Crippen molar-refractivity contribution in [2.75, 3.05) is 50.0 Å². The number of rotatable bonds is 6. The third-order valence-corrected chi connectivity index (χ3v) is 10.3. The summed E-state index contributed by atoms with van der Waals surface area (Å²) < 4.78 is 120. The van der Waals surface area contributed by atoms with Crippen molar-refractivity contribution in [2.24, 2.45) is 5.92 Å². The number of nitrogens with zero attached hydrogens (tertiary/aromatic N) is 4. The smallest absolute Gasteiger partial charge is 0.417 e. The van der Waals surface area contributed by atoms with Gasteiger partial charge in [0, 0.05) is 47.6 Å². The number of alkyl halides is 5. The molecule has 3 aliphatic heterocycles. The average Bonchev–Trinajstić information content (AvgIpc) is 3.88. The number of halogens is 7. The first-order valence-electron chi connectivity index (χ1n) is 16.5. The summed E-state index contributed by atoms with van der Waals surface area (Å²) >= 11 is 6.64. The van der Waals surface area contributed by atoms with Gasteiger partial charge >= 0.3 is 12.2 Å². The molecule has 2 aromatic carbocycles. The van der Waals surface area contributed by atoms with E-state index in [1.165, 1.54) is 12.1 Å². The Labute approximate surface area is 268 Å². The van der Waals surface area contributed by atoms with Crippen molar-refractivity contribution in [1.29, 1.82) is 0 Å². The van der Waals surface area contributed by atoms with Gasteiger partial charge in [-0.1, -0.05) is 11.6 Å². The second-order valence-electron chi connectivity index (χ2n) is 13.0. The highest BCUT2D eigenvalue weighted by Gasteiger charge is 2.56. The lowest BCUT2D eigenvalue weighted by atomic mass is 9.91. The summed E-state index contributed by atoms with van der Waals surface area (Å²) in [7, 11) is 0. The molecule has 46 heavy (non-hydrogen) atoms. The van der Waals surface area contributed by atoms with Crippen molar-refractivity contribution in [3.05, 3.63) is 40.2 Å². The van der Waals surface area contributed by atoms with Gasteiger partial charge in [0.15, 0.2) is 5.82 Å². The molecule has 246 valence electrons. The second kappa shape index (κ2) is 10.7. The van der Waals surface area contributed by atoms with Crippen LogP contribution in [-0.2, 0) is 10.9 Å². The van der Waals surface area contributed by atoms with Crippen molar-refractivity contribution < 1.29 is 38.6 Å². The number of nitrogens with two attached hydrogens (primary N) is 1. The van der Waals surface area contributed by atoms with Gasteiger partial charge in [0.05, 0.1) is 38.1 Å². The van der Waals surface area contributed by atoms with Crippen molar-refractivity contribution in [2.45, 2.75) is 68.1 Å². The molecule has 2 N–H and O–H groups in total. The molecule has 4 heterocycles. The zero-order chi connectivity index (χ0) is 33.9. The van der Waals surface area contributed by atoms with Crippen LogP contribution < -0.4 is 15.4 Å². The van der Waals surface area contributed by atoms with E-state index in [2.05, 4.69) is 9.97 Å². The Bertz CT molecular complexity index is 1820. The van der Waals surface area contributed by atoms with Crippen LogP contribution in [0, 0.1) is 11.7 Å². The number of benzene rings is 2. The van der Waals surface area contributed by atoms with Crippen LogP contribution in [0.1, 0.15) is 51.9 Å². The molecule has 1 aromatic heterocycles. The SMILES string of the molecule is [2H]C([2H])(Oc1nc(N2CCOC[C@H]3[C@H](F)[C@H]32)c2cc(Cl)c(-c3cc(N)cc(C4CC4)c3C(F)(F)F)c(F)c2n1)[C@@]12CCCN1C[C@H](F)C2. The molecule has 5 atom stereocenters. The minimum absolute atomic E-state index is 0.00232. The molecule has 0 bridgehead atoms. The Morgan fingerprint density at radius 3 is 2.74 bits per heavy atom. The summed E-state index contributed by atoms with van der Waals surface area (Å²) in [6.07, 6.45) is -5.63. The number of nitrogen functional groups attached to an aromatic ring is 1. The Morgan fingerprint density at radius 1 is 1.17 bits per heavy atom. The monoisotopic (exact) mass is 669 g/mol. The molecule has 3 aromatic rings. The van der Waals surface area contributed by atoms with Gasteiger partial charge in [-0.05, 0) is 61.9 Å². The maximum absolute atomic E-state index is 16.9. The molecule has 7 nitrogen and oxygen atoms in total. The highest BCUT2D eigenvalue weighted by Crippen LogP contribution is 2.52. The molecule has 0 radical (unpaired) electrons. The summed E-state index contributed by atoms with van der Waals surface area (Å²) in [4.78, 5) is 11.9. The van der Waals surface area contributed by atoms with Crippen molar-refractivity contribution >= 4 is 34.0 Å². The van der Waals surface area contributed by atoms with Gasteiger partial charge in [-0.3, -0.25) is 4.90 Å². The third-order valence-electron chi connectivity index (χ3n) is 9.99. The van der Waals surface area contributed by atoms with Crippen LogP contribution in [-0.4, -0.2) is 78.2 Å². The molecule has 2 saturated carbocycles. The Kier molecular flexibility index (Phi) is 6.55. The predicted octanol–water partition coefficient (Wildman–Crippen LogP) is 6.70. The maximum atomic E-state index is 16.9. The number of fused-ring (bicyclic) bond motifs is 3. The van der Waals surface area contributed by atoms with Crippen LogP contribution >= 0.6 is 11.6 Å². The van der Waals surface area contributed by atoms with Gasteiger partial charge in [-0.2, -0.15) is 23.1 Å². The van der Waals surface area contributed by atoms with E-state index < -0.39 is 76.6 Å². The van der Waals surface area contributed by atoms with E-state index in [1.807, 2.05) is 0 Å². The predicted molar refractivity (Wildman–Crippen MR) is 160 cm³/mol. The first-order chi connectivity index (χ1) is 22.7. The Hall–Kier alpha value is -3.03. The van der Waals surface area contributed by atoms with Crippen LogP contribution in [0.15, 0.2) is 18.2 Å². The van der Waals surface area contributed by atoms with Gasteiger partial charge in [0.25, 0.3) is 0 Å². The lowest BCUT2D eigenvalue weighted by molar-refractivity contribution is -0.137. The van der Waals surface area contributed by atoms with Crippen LogP contribution in [0.5, 0.6) is 6.01 Å². The van der Waals surface area contributed by atoms with Gasteiger partial charge < -0.3 is 20.1 Å². The number of hydrogen-bond acceptors (Lipinski definition) is 7. The summed E-state index contributed by atoms with van der Waals surface area (Å²) in [5.74, 6) is -2.15. The van der Waals surface area contributed by atoms with Gasteiger partial charge in [-0.15, -0.1) is 0 Å². The molecule has 5 aliphatic rings. The number of aromatic nitrogens is 2. The largest absolute Gasteiger partial charge is 0.461 e. The van der Waals surface area contributed by atoms with Gasteiger partial charge in [-0.25, -0.2) is 13.2 Å². The fourth-order valence-corrected chi connectivity index (χ4v) is 7.97. The fraction of sp³-hybridized carbons (Fsp3) is 0.562. The standard InChI is InChI=1S/C32H32ClF6N5O2/c33-22-10-20-27(26(36)23(22)19-9-17(40)8-18(15-2-3-15)24(19)32(37,38)39)41-30(46-14-31-4-1-5-43(31)12-16(34)11-31)42-29(20)44-6-7-45-13-21-25(35)28(21)44/h8-10,15-16,21,25,28H,1-7,11-14,40H2/t16-,21+,25+,28+,31+/m1/s1/i14D2. The van der Waals surface area contributed by atoms with E-state index in [1.54, 1.807) is 9.80 Å². The molecule has 0 amide bonds. The second-order valence-corrected chi connectivity index (χ2v) is 13.4. The highest BCUT2D eigenvalue weighted by atomic mass is 35.5. The van der Waals surface area contributed by atoms with Crippen LogP contribution in [0.3, 0.4) is 0 Å². The lowest BCUT2D eigenvalue weighted by Crippen LogP contribution is -2.43. The third kappa shape index (κ3) is 4.95. The zero-order valence-electron chi connectivity index (χ0n) is 26.5. The molecule has 0 unspecified atom stereocenters. The van der Waals surface area contributed by atoms with Crippen LogP contribution in [0.2, 0.25) is 5.02 Å². The number of ether oxygens (including phenoxy) is 2. The molecule has 5 fully saturated rings. The van der Waals surface area contributed by atoms with E-state index in [-0.39, 0.29) is 66.1 Å². The summed E-state index contributed by atoms with van der Waals surface area (Å²) in [6.45, 7) is -1.61. The number of anilines is 2. The molecular weight excluding hydrogens is 636 g/mol. The van der Waals surface area contributed by atoms with Gasteiger partial charge in [0.1, 0.15) is 30.2 Å². The van der Waals surface area contributed by atoms with E-state index in [9.17, 15) is 22.0 Å². The van der Waals surface area contributed by atoms with Gasteiger partial charge in [0.2, 0.25) is 0 Å². The van der Waals surface area contributed by atoms with Crippen LogP contribution in [0.4, 0.5) is 37.8 Å². The van der Waals surface area contributed by atoms with E-state index >= 15 is 4.39 Å². The van der Waals surface area contributed by atoms with E-state index in [4.69, 9.17) is 29.5 Å². The average molecular weight is 670 g/mol. The van der Waals surface area contributed by atoms with E-state index in [0.717, 1.165) is 6.07 Å². The van der Waals surface area contributed by atoms with Crippen molar-refractivity contribution in [3.63, 3.8) is 0 Å². The Balaban J connectivity index is 1.33. The molecular formula is C32H32ClF6N5O2. The quantitative estimate of drug-likeness (QED) is 0.231. The number of hydrogen-bond donors (Lipinski definition) is 1. The maximum Gasteiger partial charge on any atom is 0.417 e. The molecule has 14 heteroatoms. The topological polar surface area (TPSA) is 76.7 Å². The fourth-order valence-electron chi connectivity index (χ4n) is 7.68. The van der Waals surface area contributed by atoms with E-state index in [0.29, 0.717) is 32.2 Å². The normalized spacial score (nSPS) is 30.5. The minimum atomic E-state index is -4.88. The van der Waals surface area contributed by atoms with Crippen LogP contribution in [0.25, 0.3) is 22.0 Å². The molecule has 2 aliphatic carbocycles. The zero-order valence-corrected chi connectivity index (χ0v) is 25.3. The summed E-state index contributed by atoms with van der Waals surface area (Å²) in [5, 5.41) is -0.401. The highest BCUT2D eigenvalue weighted by molar-refractivity contribution is 6.34. The first-order valence-corrected chi connectivity index (χ1v) is 15.9.